The molecule has 1 saturated heterocycles. The number of hydrogen-bond acceptors (Lipinski definition) is 3. The number of halogens is 1. The molecule has 0 amide bonds. The Morgan fingerprint density at radius 3 is 2.67 bits per heavy atom. The number of benzene rings is 1. The maximum Gasteiger partial charge on any atom is 0.148 e. The Labute approximate surface area is 113 Å². The van der Waals surface area contributed by atoms with Gasteiger partial charge in [0.25, 0.3) is 0 Å². The Morgan fingerprint density at radius 1 is 1.44 bits per heavy atom. The number of Topliss-reactive ketones (excluding diaryl/α,β-unsaturated/α-hetero) is 1. The van der Waals surface area contributed by atoms with Crippen LogP contribution < -0.4 is 4.74 Å². The van der Waals surface area contributed by atoms with Gasteiger partial charge in [0.05, 0.1) is 18.7 Å². The molecule has 0 bridgehead atoms. The fourth-order valence-electron chi connectivity index (χ4n) is 2.38. The van der Waals surface area contributed by atoms with Gasteiger partial charge < -0.3 is 4.74 Å². The minimum atomic E-state index is -0.0660. The van der Waals surface area contributed by atoms with Gasteiger partial charge in [-0.25, -0.2) is 0 Å². The number of likely N-dealkylation sites (tertiary alicyclic amines) is 1. The van der Waals surface area contributed by atoms with E-state index in [1.165, 1.54) is 0 Å². The molecule has 3 nitrogen and oxygen atoms in total. The van der Waals surface area contributed by atoms with Gasteiger partial charge in [0.2, 0.25) is 0 Å². The maximum atomic E-state index is 11.5. The van der Waals surface area contributed by atoms with Crippen molar-refractivity contribution in [3.8, 4) is 5.75 Å². The van der Waals surface area contributed by atoms with Crippen molar-refractivity contribution in [2.75, 3.05) is 13.7 Å². The van der Waals surface area contributed by atoms with E-state index in [0.717, 1.165) is 12.1 Å². The molecule has 0 atom stereocenters. The molecule has 2 rings (SSSR count). The summed E-state index contributed by atoms with van der Waals surface area (Å²) in [7, 11) is 1.60. The molecule has 0 radical (unpaired) electrons. The fourth-order valence-corrected chi connectivity index (χ4v) is 2.66. The van der Waals surface area contributed by atoms with Gasteiger partial charge in [-0.1, -0.05) is 17.7 Å². The molecular formula is C14H18ClNO2. The summed E-state index contributed by atoms with van der Waals surface area (Å²) < 4.78 is 5.13. The Bertz CT molecular complexity index is 471. The summed E-state index contributed by atoms with van der Waals surface area (Å²) in [6, 6.07) is 5.76. The molecule has 1 aromatic rings. The quantitative estimate of drug-likeness (QED) is 0.843. The first-order valence-corrected chi connectivity index (χ1v) is 6.39. The number of ketones is 1. The molecule has 0 saturated carbocycles. The van der Waals surface area contributed by atoms with Crippen molar-refractivity contribution >= 4 is 17.4 Å². The molecule has 1 aliphatic rings. The summed E-state index contributed by atoms with van der Waals surface area (Å²) in [5.41, 5.74) is 1.03. The first-order chi connectivity index (χ1) is 8.42. The van der Waals surface area contributed by atoms with E-state index in [2.05, 4.69) is 18.7 Å². The number of carbonyl (C=O) groups is 1. The van der Waals surface area contributed by atoms with Crippen LogP contribution in [0.1, 0.15) is 25.8 Å². The Balaban J connectivity index is 2.15. The monoisotopic (exact) mass is 267 g/mol. The highest BCUT2D eigenvalue weighted by Crippen LogP contribution is 2.30. The summed E-state index contributed by atoms with van der Waals surface area (Å²) in [4.78, 5) is 13.7. The predicted molar refractivity (Wildman–Crippen MR) is 72.1 cm³/mol. The molecule has 0 aromatic heterocycles. The lowest BCUT2D eigenvalue weighted by molar-refractivity contribution is -0.117. The van der Waals surface area contributed by atoms with Crippen molar-refractivity contribution in [3.05, 3.63) is 28.8 Å². The zero-order valence-corrected chi connectivity index (χ0v) is 11.8. The summed E-state index contributed by atoms with van der Waals surface area (Å²) in [5, 5.41) is 0.610. The van der Waals surface area contributed by atoms with Crippen LogP contribution >= 0.6 is 11.6 Å². The van der Waals surface area contributed by atoms with Crippen LogP contribution in [0.25, 0.3) is 0 Å². The molecule has 0 aliphatic carbocycles. The van der Waals surface area contributed by atoms with Gasteiger partial charge in [-0.15, -0.1) is 0 Å². The predicted octanol–water partition coefficient (Wildman–Crippen LogP) is 2.90. The molecule has 0 unspecified atom stereocenters. The summed E-state index contributed by atoms with van der Waals surface area (Å²) in [6.07, 6.45) is 0.622. The highest BCUT2D eigenvalue weighted by Gasteiger charge is 2.36. The Hall–Kier alpha value is -1.06. The number of rotatable bonds is 3. The molecular weight excluding hydrogens is 250 g/mol. The van der Waals surface area contributed by atoms with Crippen LogP contribution in [0.4, 0.5) is 0 Å². The summed E-state index contributed by atoms with van der Waals surface area (Å²) >= 11 is 6.10. The van der Waals surface area contributed by atoms with E-state index >= 15 is 0 Å². The van der Waals surface area contributed by atoms with Crippen LogP contribution in [-0.2, 0) is 11.3 Å². The molecule has 18 heavy (non-hydrogen) atoms. The second-order valence-electron chi connectivity index (χ2n) is 5.35. The van der Waals surface area contributed by atoms with Gasteiger partial charge in [0.1, 0.15) is 11.5 Å². The van der Waals surface area contributed by atoms with Crippen molar-refractivity contribution < 1.29 is 9.53 Å². The lowest BCUT2D eigenvalue weighted by Gasteiger charge is -2.30. The highest BCUT2D eigenvalue weighted by molar-refractivity contribution is 6.32. The van der Waals surface area contributed by atoms with Crippen LogP contribution in [0.2, 0.25) is 5.02 Å². The number of methoxy groups -OCH3 is 1. The molecule has 0 spiro atoms. The molecule has 1 aliphatic heterocycles. The average Bonchev–Trinajstić information content (AvgIpc) is 2.52. The van der Waals surface area contributed by atoms with E-state index in [9.17, 15) is 4.79 Å². The van der Waals surface area contributed by atoms with Crippen LogP contribution in [0.3, 0.4) is 0 Å². The van der Waals surface area contributed by atoms with E-state index in [1.54, 1.807) is 7.11 Å². The SMILES string of the molecule is COc1ccc(CN2CC(=O)CC2(C)C)cc1Cl. The second kappa shape index (κ2) is 4.90. The maximum absolute atomic E-state index is 11.5. The van der Waals surface area contributed by atoms with Crippen LogP contribution in [0.5, 0.6) is 5.75 Å². The first-order valence-electron chi connectivity index (χ1n) is 6.01. The largest absolute Gasteiger partial charge is 0.495 e. The third kappa shape index (κ3) is 2.68. The van der Waals surface area contributed by atoms with Crippen LogP contribution in [0, 0.1) is 0 Å². The minimum absolute atomic E-state index is 0.0660. The smallest absolute Gasteiger partial charge is 0.148 e. The van der Waals surface area contributed by atoms with Gasteiger partial charge >= 0.3 is 0 Å². The standard InChI is InChI=1S/C14H18ClNO2/c1-14(2)7-11(17)9-16(14)8-10-4-5-13(18-3)12(15)6-10/h4-6H,7-9H2,1-3H3. The second-order valence-corrected chi connectivity index (χ2v) is 5.76. The zero-order valence-electron chi connectivity index (χ0n) is 11.0. The normalized spacial score (nSPS) is 19.2. The average molecular weight is 268 g/mol. The highest BCUT2D eigenvalue weighted by atomic mass is 35.5. The number of ether oxygens (including phenoxy) is 1. The van der Waals surface area contributed by atoms with Gasteiger partial charge in [-0.05, 0) is 31.5 Å². The third-order valence-electron chi connectivity index (χ3n) is 3.44. The first kappa shape index (κ1) is 13.4. The molecule has 1 aromatic carbocycles. The third-order valence-corrected chi connectivity index (χ3v) is 3.74. The molecule has 1 heterocycles. The zero-order chi connectivity index (χ0) is 13.3. The number of carbonyl (C=O) groups excluding carboxylic acids is 1. The number of nitrogens with zero attached hydrogens (tertiary/aromatic N) is 1. The van der Waals surface area contributed by atoms with Gasteiger partial charge in [-0.3, -0.25) is 9.69 Å². The molecule has 1 fully saturated rings. The Morgan fingerprint density at radius 2 is 2.17 bits per heavy atom. The van der Waals surface area contributed by atoms with Crippen LogP contribution in [-0.4, -0.2) is 29.9 Å². The van der Waals surface area contributed by atoms with Crippen molar-refractivity contribution in [1.82, 2.24) is 4.90 Å². The summed E-state index contributed by atoms with van der Waals surface area (Å²) in [6.45, 7) is 5.46. The summed E-state index contributed by atoms with van der Waals surface area (Å²) in [5.74, 6) is 0.983. The van der Waals surface area contributed by atoms with E-state index < -0.39 is 0 Å². The van der Waals surface area contributed by atoms with Crippen molar-refractivity contribution in [2.45, 2.75) is 32.4 Å². The van der Waals surface area contributed by atoms with E-state index in [-0.39, 0.29) is 5.54 Å². The fraction of sp³-hybridized carbons (Fsp3) is 0.500. The van der Waals surface area contributed by atoms with E-state index in [4.69, 9.17) is 16.3 Å². The van der Waals surface area contributed by atoms with Gasteiger partial charge in [0.15, 0.2) is 0 Å². The molecule has 98 valence electrons. The molecule has 0 N–H and O–H groups in total. The van der Waals surface area contributed by atoms with Gasteiger partial charge in [0, 0.05) is 18.5 Å². The van der Waals surface area contributed by atoms with Crippen molar-refractivity contribution in [1.29, 1.82) is 0 Å². The van der Waals surface area contributed by atoms with Crippen molar-refractivity contribution in [2.24, 2.45) is 0 Å². The topological polar surface area (TPSA) is 29.5 Å². The molecule has 4 heteroatoms. The lowest BCUT2D eigenvalue weighted by atomic mass is 10.0. The minimum Gasteiger partial charge on any atom is -0.495 e. The van der Waals surface area contributed by atoms with Crippen LogP contribution in [0.15, 0.2) is 18.2 Å². The number of hydrogen-bond donors (Lipinski definition) is 0. The van der Waals surface area contributed by atoms with Crippen molar-refractivity contribution in [3.63, 3.8) is 0 Å². The van der Waals surface area contributed by atoms with E-state index in [0.29, 0.717) is 29.5 Å². The lowest BCUT2D eigenvalue weighted by Crippen LogP contribution is -2.37. The van der Waals surface area contributed by atoms with E-state index in [1.807, 2.05) is 18.2 Å². The van der Waals surface area contributed by atoms with Gasteiger partial charge in [-0.2, -0.15) is 0 Å². The Kier molecular flexibility index (Phi) is 3.64.